The van der Waals surface area contributed by atoms with Crippen molar-refractivity contribution in [3.8, 4) is 0 Å². The zero-order valence-corrected chi connectivity index (χ0v) is 10.3. The second-order valence-electron chi connectivity index (χ2n) is 3.94. The molecule has 0 saturated carbocycles. The lowest BCUT2D eigenvalue weighted by Crippen LogP contribution is -2.33. The summed E-state index contributed by atoms with van der Waals surface area (Å²) in [4.78, 5) is 6.39. The highest BCUT2D eigenvalue weighted by molar-refractivity contribution is 5.54. The molecule has 0 aliphatic heterocycles. The first-order valence-electron chi connectivity index (χ1n) is 5.76. The lowest BCUT2D eigenvalue weighted by Gasteiger charge is -2.28. The summed E-state index contributed by atoms with van der Waals surface area (Å²) in [5.41, 5.74) is 1.09. The minimum absolute atomic E-state index is 0.164. The van der Waals surface area contributed by atoms with E-state index in [4.69, 9.17) is 5.11 Å². The molecular weight excluding hydrogens is 202 g/mol. The Balaban J connectivity index is 2.86. The van der Waals surface area contributed by atoms with Crippen LogP contribution in [0.5, 0.6) is 0 Å². The van der Waals surface area contributed by atoms with Crippen molar-refractivity contribution < 1.29 is 5.11 Å². The van der Waals surface area contributed by atoms with Crippen molar-refractivity contribution in [3.05, 3.63) is 18.3 Å². The summed E-state index contributed by atoms with van der Waals surface area (Å²) < 4.78 is 0. The second kappa shape index (κ2) is 6.33. The lowest BCUT2D eigenvalue weighted by molar-refractivity contribution is 0.299. The summed E-state index contributed by atoms with van der Waals surface area (Å²) in [6.45, 7) is 7.94. The fourth-order valence-corrected chi connectivity index (χ4v) is 1.67. The predicted octanol–water partition coefficient (Wildman–Crippen LogP) is 1.72. The number of hydrogen-bond donors (Lipinski definition) is 2. The molecule has 0 aliphatic carbocycles. The Morgan fingerprint density at radius 2 is 2.25 bits per heavy atom. The molecule has 1 heterocycles. The van der Waals surface area contributed by atoms with E-state index in [-0.39, 0.29) is 6.61 Å². The standard InChI is InChI=1S/C12H21N3O/c1-4-13-12-9-11(5-6-14-12)15(7-8-16)10(2)3/h5-6,9-10,16H,4,7-8H2,1-3H3,(H,13,14). The third-order valence-electron chi connectivity index (χ3n) is 2.40. The molecule has 0 spiro atoms. The zero-order chi connectivity index (χ0) is 12.0. The molecule has 0 atom stereocenters. The molecule has 1 aromatic heterocycles. The fraction of sp³-hybridized carbons (Fsp3) is 0.583. The van der Waals surface area contributed by atoms with Crippen LogP contribution in [0.25, 0.3) is 0 Å². The Morgan fingerprint density at radius 1 is 1.50 bits per heavy atom. The van der Waals surface area contributed by atoms with Crippen molar-refractivity contribution >= 4 is 11.5 Å². The first-order valence-corrected chi connectivity index (χ1v) is 5.76. The summed E-state index contributed by atoms with van der Waals surface area (Å²) in [7, 11) is 0. The normalized spacial score (nSPS) is 10.6. The molecule has 16 heavy (non-hydrogen) atoms. The first-order chi connectivity index (χ1) is 7.69. The van der Waals surface area contributed by atoms with Crippen LogP contribution in [-0.2, 0) is 0 Å². The van der Waals surface area contributed by atoms with E-state index < -0.39 is 0 Å². The van der Waals surface area contributed by atoms with Crippen LogP contribution < -0.4 is 10.2 Å². The molecule has 2 N–H and O–H groups in total. The van der Waals surface area contributed by atoms with Gasteiger partial charge in [0.05, 0.1) is 6.61 Å². The Bertz CT molecular complexity index is 315. The highest BCUT2D eigenvalue weighted by Gasteiger charge is 2.10. The molecule has 0 unspecified atom stereocenters. The van der Waals surface area contributed by atoms with E-state index >= 15 is 0 Å². The molecular formula is C12H21N3O. The van der Waals surface area contributed by atoms with Gasteiger partial charge in [0.25, 0.3) is 0 Å². The van der Waals surface area contributed by atoms with Gasteiger partial charge in [0.2, 0.25) is 0 Å². The smallest absolute Gasteiger partial charge is 0.127 e. The van der Waals surface area contributed by atoms with Gasteiger partial charge in [-0.2, -0.15) is 0 Å². The molecule has 4 nitrogen and oxygen atoms in total. The van der Waals surface area contributed by atoms with E-state index in [2.05, 4.69) is 29.0 Å². The number of rotatable bonds is 6. The van der Waals surface area contributed by atoms with Gasteiger partial charge in [-0.3, -0.25) is 0 Å². The Kier molecular flexibility index (Phi) is 5.05. The molecule has 0 saturated heterocycles. The van der Waals surface area contributed by atoms with Gasteiger partial charge in [0.1, 0.15) is 5.82 Å². The maximum absolute atomic E-state index is 9.05. The molecule has 0 aliphatic rings. The monoisotopic (exact) mass is 223 g/mol. The van der Waals surface area contributed by atoms with Gasteiger partial charge >= 0.3 is 0 Å². The maximum Gasteiger partial charge on any atom is 0.127 e. The minimum Gasteiger partial charge on any atom is -0.395 e. The van der Waals surface area contributed by atoms with Crippen molar-refractivity contribution in [2.45, 2.75) is 26.8 Å². The number of aliphatic hydroxyl groups is 1. The summed E-state index contributed by atoms with van der Waals surface area (Å²) >= 11 is 0. The average molecular weight is 223 g/mol. The van der Waals surface area contributed by atoms with Crippen LogP contribution in [0.1, 0.15) is 20.8 Å². The molecule has 0 bridgehead atoms. The molecule has 0 aromatic carbocycles. The number of anilines is 2. The van der Waals surface area contributed by atoms with Crippen LogP contribution in [-0.4, -0.2) is 35.8 Å². The van der Waals surface area contributed by atoms with Crippen LogP contribution in [0.3, 0.4) is 0 Å². The summed E-state index contributed by atoms with van der Waals surface area (Å²) in [5, 5.41) is 12.2. The number of nitrogens with one attached hydrogen (secondary N) is 1. The second-order valence-corrected chi connectivity index (χ2v) is 3.94. The number of aromatic nitrogens is 1. The van der Waals surface area contributed by atoms with E-state index in [1.54, 1.807) is 6.20 Å². The van der Waals surface area contributed by atoms with Gasteiger partial charge in [-0.25, -0.2) is 4.98 Å². The number of hydrogen-bond acceptors (Lipinski definition) is 4. The van der Waals surface area contributed by atoms with Crippen LogP contribution in [0.4, 0.5) is 11.5 Å². The van der Waals surface area contributed by atoms with Crippen LogP contribution in [0.15, 0.2) is 18.3 Å². The van der Waals surface area contributed by atoms with E-state index in [1.807, 2.05) is 19.1 Å². The van der Waals surface area contributed by atoms with Gasteiger partial charge in [-0.15, -0.1) is 0 Å². The summed E-state index contributed by atoms with van der Waals surface area (Å²) in [6.07, 6.45) is 1.79. The largest absolute Gasteiger partial charge is 0.395 e. The van der Waals surface area contributed by atoms with E-state index in [0.29, 0.717) is 12.6 Å². The van der Waals surface area contributed by atoms with Crippen molar-refractivity contribution in [1.29, 1.82) is 0 Å². The highest BCUT2D eigenvalue weighted by Crippen LogP contribution is 2.19. The molecule has 0 radical (unpaired) electrons. The van der Waals surface area contributed by atoms with Crippen LogP contribution in [0, 0.1) is 0 Å². The quantitative estimate of drug-likeness (QED) is 0.771. The third-order valence-corrected chi connectivity index (χ3v) is 2.40. The first kappa shape index (κ1) is 12.8. The number of nitrogens with zero attached hydrogens (tertiary/aromatic N) is 2. The average Bonchev–Trinajstić information content (AvgIpc) is 2.26. The van der Waals surface area contributed by atoms with E-state index in [1.165, 1.54) is 0 Å². The van der Waals surface area contributed by atoms with Gasteiger partial charge < -0.3 is 15.3 Å². The van der Waals surface area contributed by atoms with E-state index in [9.17, 15) is 0 Å². The Morgan fingerprint density at radius 3 is 2.81 bits per heavy atom. The van der Waals surface area contributed by atoms with Crippen molar-refractivity contribution in [2.75, 3.05) is 29.9 Å². The molecule has 0 fully saturated rings. The highest BCUT2D eigenvalue weighted by atomic mass is 16.3. The van der Waals surface area contributed by atoms with Gasteiger partial charge in [0.15, 0.2) is 0 Å². The number of pyridine rings is 1. The SMILES string of the molecule is CCNc1cc(N(CCO)C(C)C)ccn1. The molecule has 0 amide bonds. The van der Waals surface area contributed by atoms with Crippen molar-refractivity contribution in [3.63, 3.8) is 0 Å². The van der Waals surface area contributed by atoms with Crippen LogP contribution in [0.2, 0.25) is 0 Å². The van der Waals surface area contributed by atoms with Crippen LogP contribution >= 0.6 is 0 Å². The topological polar surface area (TPSA) is 48.4 Å². The number of aliphatic hydroxyl groups excluding tert-OH is 1. The maximum atomic E-state index is 9.05. The van der Waals surface area contributed by atoms with Crippen molar-refractivity contribution in [2.24, 2.45) is 0 Å². The molecule has 1 rings (SSSR count). The summed E-state index contributed by atoms with van der Waals surface area (Å²) in [6, 6.07) is 4.35. The van der Waals surface area contributed by atoms with E-state index in [0.717, 1.165) is 18.1 Å². The Labute approximate surface area is 97.3 Å². The summed E-state index contributed by atoms with van der Waals surface area (Å²) in [5.74, 6) is 0.878. The fourth-order valence-electron chi connectivity index (χ4n) is 1.67. The predicted molar refractivity (Wildman–Crippen MR) is 68.0 cm³/mol. The third kappa shape index (κ3) is 3.38. The zero-order valence-electron chi connectivity index (χ0n) is 10.3. The molecule has 4 heteroatoms. The molecule has 90 valence electrons. The minimum atomic E-state index is 0.164. The van der Waals surface area contributed by atoms with Gasteiger partial charge in [-0.1, -0.05) is 0 Å². The molecule has 1 aromatic rings. The van der Waals surface area contributed by atoms with Gasteiger partial charge in [-0.05, 0) is 26.8 Å². The lowest BCUT2D eigenvalue weighted by atomic mass is 10.2. The van der Waals surface area contributed by atoms with Gasteiger partial charge in [0, 0.05) is 37.1 Å². The van der Waals surface area contributed by atoms with Crippen molar-refractivity contribution in [1.82, 2.24) is 4.98 Å². The Hall–Kier alpha value is -1.29.